The summed E-state index contributed by atoms with van der Waals surface area (Å²) in [4.78, 5) is 0.0731. The van der Waals surface area contributed by atoms with Crippen molar-refractivity contribution in [1.82, 2.24) is 4.31 Å². The molecule has 0 aliphatic heterocycles. The number of sulfonamides is 1. The van der Waals surface area contributed by atoms with Gasteiger partial charge >= 0.3 is 0 Å². The summed E-state index contributed by atoms with van der Waals surface area (Å²) < 4.78 is 26.4. The lowest BCUT2D eigenvalue weighted by Gasteiger charge is -2.19. The predicted molar refractivity (Wildman–Crippen MR) is 71.8 cm³/mol. The van der Waals surface area contributed by atoms with E-state index in [0.29, 0.717) is 11.0 Å². The highest BCUT2D eigenvalue weighted by Gasteiger charge is 2.24. The van der Waals surface area contributed by atoms with Crippen LogP contribution in [0.2, 0.25) is 0 Å². The molecular formula is C11H13BrN2O2S. The van der Waals surface area contributed by atoms with E-state index in [1.54, 1.807) is 19.1 Å². The fraction of sp³-hybridized carbons (Fsp3) is 0.273. The molecule has 1 aromatic carbocycles. The number of terminal acetylenes is 1. The zero-order chi connectivity index (χ0) is 13.1. The molecule has 0 fully saturated rings. The summed E-state index contributed by atoms with van der Waals surface area (Å²) in [5.74, 6) is 2.32. The van der Waals surface area contributed by atoms with E-state index in [0.717, 1.165) is 0 Å². The van der Waals surface area contributed by atoms with Crippen LogP contribution in [0.5, 0.6) is 0 Å². The van der Waals surface area contributed by atoms with Gasteiger partial charge in [0.1, 0.15) is 4.90 Å². The average Bonchev–Trinajstić information content (AvgIpc) is 2.28. The number of nitrogen functional groups attached to an aromatic ring is 1. The lowest BCUT2D eigenvalue weighted by atomic mass is 10.3. The monoisotopic (exact) mass is 316 g/mol. The topological polar surface area (TPSA) is 63.4 Å². The SMILES string of the molecule is C#CCN(CC)S(=O)(=O)c1cc(Br)ccc1N. The molecule has 0 atom stereocenters. The fourth-order valence-electron chi connectivity index (χ4n) is 1.34. The van der Waals surface area contributed by atoms with Crippen LogP contribution in [-0.4, -0.2) is 25.8 Å². The van der Waals surface area contributed by atoms with Gasteiger partial charge in [-0.05, 0) is 18.2 Å². The van der Waals surface area contributed by atoms with Crippen LogP contribution in [0.1, 0.15) is 6.92 Å². The largest absolute Gasteiger partial charge is 0.398 e. The molecule has 4 nitrogen and oxygen atoms in total. The van der Waals surface area contributed by atoms with Crippen molar-refractivity contribution in [2.75, 3.05) is 18.8 Å². The van der Waals surface area contributed by atoms with Gasteiger partial charge in [-0.15, -0.1) is 6.42 Å². The standard InChI is InChI=1S/C11H13BrN2O2S/c1-3-7-14(4-2)17(15,16)11-8-9(12)5-6-10(11)13/h1,5-6,8H,4,7,13H2,2H3. The molecule has 0 heterocycles. The Morgan fingerprint density at radius 3 is 2.71 bits per heavy atom. The Bertz CT molecular complexity index is 549. The van der Waals surface area contributed by atoms with E-state index >= 15 is 0 Å². The average molecular weight is 317 g/mol. The number of halogens is 1. The molecule has 0 saturated heterocycles. The van der Waals surface area contributed by atoms with Gasteiger partial charge in [0.2, 0.25) is 10.0 Å². The Balaban J connectivity index is 3.30. The minimum atomic E-state index is -3.63. The number of nitrogens with zero attached hydrogens (tertiary/aromatic N) is 1. The van der Waals surface area contributed by atoms with Gasteiger partial charge in [0.25, 0.3) is 0 Å². The number of anilines is 1. The molecule has 2 N–H and O–H groups in total. The molecule has 1 aromatic rings. The first-order chi connectivity index (χ1) is 7.93. The lowest BCUT2D eigenvalue weighted by Crippen LogP contribution is -2.31. The van der Waals surface area contributed by atoms with Crippen LogP contribution in [0.15, 0.2) is 27.6 Å². The van der Waals surface area contributed by atoms with Crippen molar-refractivity contribution in [2.45, 2.75) is 11.8 Å². The van der Waals surface area contributed by atoms with Crippen LogP contribution >= 0.6 is 15.9 Å². The summed E-state index contributed by atoms with van der Waals surface area (Å²) in [6, 6.07) is 4.70. The van der Waals surface area contributed by atoms with Crippen molar-refractivity contribution in [3.63, 3.8) is 0 Å². The molecule has 0 aliphatic carbocycles. The molecule has 6 heteroatoms. The zero-order valence-electron chi connectivity index (χ0n) is 9.35. The minimum Gasteiger partial charge on any atom is -0.398 e. The van der Waals surface area contributed by atoms with Gasteiger partial charge < -0.3 is 5.73 Å². The number of benzene rings is 1. The second-order valence-corrected chi connectivity index (χ2v) is 6.14. The smallest absolute Gasteiger partial charge is 0.246 e. The number of rotatable bonds is 4. The molecule has 0 saturated carbocycles. The van der Waals surface area contributed by atoms with E-state index in [-0.39, 0.29) is 17.1 Å². The van der Waals surface area contributed by atoms with Crippen molar-refractivity contribution < 1.29 is 8.42 Å². The Morgan fingerprint density at radius 1 is 1.53 bits per heavy atom. The summed E-state index contributed by atoms with van der Waals surface area (Å²) >= 11 is 3.22. The second-order valence-electron chi connectivity index (χ2n) is 3.32. The summed E-state index contributed by atoms with van der Waals surface area (Å²) in [5, 5.41) is 0. The van der Waals surface area contributed by atoms with Crippen LogP contribution in [0, 0.1) is 12.3 Å². The van der Waals surface area contributed by atoms with Crippen molar-refractivity contribution >= 4 is 31.6 Å². The summed E-state index contributed by atoms with van der Waals surface area (Å²) in [7, 11) is -3.63. The zero-order valence-corrected chi connectivity index (χ0v) is 11.8. The van der Waals surface area contributed by atoms with Crippen molar-refractivity contribution in [2.24, 2.45) is 0 Å². The molecule has 0 aliphatic rings. The van der Waals surface area contributed by atoms with E-state index < -0.39 is 10.0 Å². The maximum atomic E-state index is 12.3. The summed E-state index contributed by atoms with van der Waals surface area (Å²) in [6.45, 7) is 2.06. The van der Waals surface area contributed by atoms with Crippen LogP contribution in [0.4, 0.5) is 5.69 Å². The predicted octanol–water partition coefficient (Wildman–Crippen LogP) is 1.68. The highest BCUT2D eigenvalue weighted by atomic mass is 79.9. The molecule has 92 valence electrons. The molecule has 17 heavy (non-hydrogen) atoms. The van der Waals surface area contributed by atoms with Crippen LogP contribution in [0.25, 0.3) is 0 Å². The molecule has 0 aromatic heterocycles. The second kappa shape index (κ2) is 5.54. The molecular weight excluding hydrogens is 304 g/mol. The summed E-state index contributed by atoms with van der Waals surface area (Å²) in [5.41, 5.74) is 5.90. The van der Waals surface area contributed by atoms with E-state index in [1.165, 1.54) is 10.4 Å². The first-order valence-electron chi connectivity index (χ1n) is 4.92. The van der Waals surface area contributed by atoms with Crippen LogP contribution in [0.3, 0.4) is 0 Å². The van der Waals surface area contributed by atoms with Gasteiger partial charge in [0, 0.05) is 11.0 Å². The molecule has 0 unspecified atom stereocenters. The third-order valence-corrected chi connectivity index (χ3v) is 4.68. The van der Waals surface area contributed by atoms with Crippen molar-refractivity contribution in [3.8, 4) is 12.3 Å². The van der Waals surface area contributed by atoms with Gasteiger partial charge in [-0.2, -0.15) is 4.31 Å². The number of hydrogen-bond acceptors (Lipinski definition) is 3. The summed E-state index contributed by atoms with van der Waals surface area (Å²) in [6.07, 6.45) is 5.15. The van der Waals surface area contributed by atoms with E-state index in [1.807, 2.05) is 0 Å². The van der Waals surface area contributed by atoms with E-state index in [9.17, 15) is 8.42 Å². The molecule has 0 radical (unpaired) electrons. The van der Waals surface area contributed by atoms with Crippen LogP contribution < -0.4 is 5.73 Å². The Labute approximate surface area is 110 Å². The van der Waals surface area contributed by atoms with Gasteiger partial charge in [0.15, 0.2) is 0 Å². The van der Waals surface area contributed by atoms with E-state index in [4.69, 9.17) is 12.2 Å². The normalized spacial score (nSPS) is 11.4. The maximum absolute atomic E-state index is 12.3. The molecule has 0 bridgehead atoms. The maximum Gasteiger partial charge on any atom is 0.246 e. The molecule has 0 amide bonds. The van der Waals surface area contributed by atoms with E-state index in [2.05, 4.69) is 21.9 Å². The molecule has 1 rings (SSSR count). The quantitative estimate of drug-likeness (QED) is 0.679. The fourth-order valence-corrected chi connectivity index (χ4v) is 3.36. The Hall–Kier alpha value is -1.03. The Kier molecular flexibility index (Phi) is 4.57. The Morgan fingerprint density at radius 2 is 2.18 bits per heavy atom. The van der Waals surface area contributed by atoms with Crippen molar-refractivity contribution in [3.05, 3.63) is 22.7 Å². The number of nitrogens with two attached hydrogens (primary N) is 1. The lowest BCUT2D eigenvalue weighted by molar-refractivity contribution is 0.464. The first-order valence-corrected chi connectivity index (χ1v) is 7.15. The van der Waals surface area contributed by atoms with Gasteiger partial charge in [-0.3, -0.25) is 0 Å². The van der Waals surface area contributed by atoms with Crippen LogP contribution in [-0.2, 0) is 10.0 Å². The highest BCUT2D eigenvalue weighted by Crippen LogP contribution is 2.25. The molecule has 0 spiro atoms. The highest BCUT2D eigenvalue weighted by molar-refractivity contribution is 9.10. The van der Waals surface area contributed by atoms with Gasteiger partial charge in [-0.25, -0.2) is 8.42 Å². The minimum absolute atomic E-state index is 0.0325. The third-order valence-electron chi connectivity index (χ3n) is 2.21. The van der Waals surface area contributed by atoms with Gasteiger partial charge in [0.05, 0.1) is 12.2 Å². The van der Waals surface area contributed by atoms with Gasteiger partial charge in [-0.1, -0.05) is 28.8 Å². The first kappa shape index (κ1) is 14.0. The number of hydrogen-bond donors (Lipinski definition) is 1. The van der Waals surface area contributed by atoms with Crippen molar-refractivity contribution in [1.29, 1.82) is 0 Å². The third kappa shape index (κ3) is 3.00.